The maximum atomic E-state index is 13.6. The maximum absolute atomic E-state index is 13.6. The number of aliphatic hydroxyl groups excluding tert-OH is 1. The number of nitrogens with zero attached hydrogens (tertiary/aromatic N) is 2. The molecule has 0 bridgehead atoms. The number of benzene rings is 3. The van der Waals surface area contributed by atoms with Crippen molar-refractivity contribution in [3.63, 3.8) is 0 Å². The number of aromatic nitrogens is 1. The summed E-state index contributed by atoms with van der Waals surface area (Å²) in [7, 11) is 0. The molecule has 1 aliphatic heterocycles. The predicted molar refractivity (Wildman–Crippen MR) is 161 cm³/mol. The number of rotatable bonds is 12. The number of fused-ring (bicyclic) bond motifs is 1. The Bertz CT molecular complexity index is 1460. The lowest BCUT2D eigenvalue weighted by atomic mass is 10.00. The fourth-order valence-corrected chi connectivity index (χ4v) is 5.79. The van der Waals surface area contributed by atoms with Crippen molar-refractivity contribution in [2.24, 2.45) is 0 Å². The SMILES string of the molecule is CCNc1cc(C(=O)N[C@@H](Cc2ccccc2)[C@@H](O)CNCc2ccc3ncsc3c2)cc(N2CCCC2=O)c1. The Balaban J connectivity index is 1.30. The van der Waals surface area contributed by atoms with E-state index in [4.69, 9.17) is 0 Å². The van der Waals surface area contributed by atoms with Crippen LogP contribution in [0.3, 0.4) is 0 Å². The molecule has 9 heteroatoms. The summed E-state index contributed by atoms with van der Waals surface area (Å²) in [6, 6.07) is 20.9. The first kappa shape index (κ1) is 27.8. The van der Waals surface area contributed by atoms with Crippen LogP contribution >= 0.6 is 11.3 Å². The van der Waals surface area contributed by atoms with Crippen LogP contribution in [0.15, 0.2) is 72.2 Å². The smallest absolute Gasteiger partial charge is 0.251 e. The van der Waals surface area contributed by atoms with Crippen molar-refractivity contribution >= 4 is 44.7 Å². The van der Waals surface area contributed by atoms with E-state index in [1.807, 2.05) is 61.0 Å². The highest BCUT2D eigenvalue weighted by atomic mass is 32.1. The van der Waals surface area contributed by atoms with Gasteiger partial charge in [0, 0.05) is 49.5 Å². The van der Waals surface area contributed by atoms with Gasteiger partial charge in [-0.25, -0.2) is 4.98 Å². The fraction of sp³-hybridized carbons (Fsp3) is 0.323. The molecule has 40 heavy (non-hydrogen) atoms. The van der Waals surface area contributed by atoms with Gasteiger partial charge in [-0.3, -0.25) is 9.59 Å². The molecule has 0 aliphatic carbocycles. The van der Waals surface area contributed by atoms with E-state index in [9.17, 15) is 14.7 Å². The molecule has 1 aromatic heterocycles. The Hall–Kier alpha value is -3.79. The van der Waals surface area contributed by atoms with Crippen LogP contribution in [0.4, 0.5) is 11.4 Å². The molecular weight excluding hydrogens is 522 g/mol. The third-order valence-corrected chi connectivity index (χ3v) is 7.90. The zero-order valence-electron chi connectivity index (χ0n) is 22.6. The normalized spacial score (nSPS) is 14.8. The Labute approximate surface area is 238 Å². The highest BCUT2D eigenvalue weighted by molar-refractivity contribution is 7.16. The number of carbonyl (C=O) groups is 2. The molecule has 0 unspecified atom stereocenters. The number of hydrogen-bond donors (Lipinski definition) is 4. The monoisotopic (exact) mass is 557 g/mol. The molecule has 2 amide bonds. The van der Waals surface area contributed by atoms with Crippen molar-refractivity contribution in [3.05, 3.63) is 88.9 Å². The van der Waals surface area contributed by atoms with Crippen LogP contribution in [-0.4, -0.2) is 53.7 Å². The molecule has 0 saturated carbocycles. The number of aliphatic hydroxyl groups is 1. The lowest BCUT2D eigenvalue weighted by Gasteiger charge is -2.25. The van der Waals surface area contributed by atoms with Crippen molar-refractivity contribution in [1.82, 2.24) is 15.6 Å². The van der Waals surface area contributed by atoms with Crippen LogP contribution in [0.2, 0.25) is 0 Å². The first-order valence-electron chi connectivity index (χ1n) is 13.7. The molecule has 4 N–H and O–H groups in total. The Morgan fingerprint density at radius 1 is 1.10 bits per heavy atom. The highest BCUT2D eigenvalue weighted by Crippen LogP contribution is 2.27. The van der Waals surface area contributed by atoms with Gasteiger partial charge in [0.15, 0.2) is 0 Å². The molecule has 208 valence electrons. The summed E-state index contributed by atoms with van der Waals surface area (Å²) < 4.78 is 1.13. The van der Waals surface area contributed by atoms with Gasteiger partial charge in [0.25, 0.3) is 5.91 Å². The zero-order chi connectivity index (χ0) is 27.9. The van der Waals surface area contributed by atoms with Gasteiger partial charge < -0.3 is 26.0 Å². The second-order valence-corrected chi connectivity index (χ2v) is 11.0. The molecule has 3 aromatic carbocycles. The van der Waals surface area contributed by atoms with Gasteiger partial charge in [0.1, 0.15) is 0 Å². The van der Waals surface area contributed by atoms with Crippen LogP contribution in [0.25, 0.3) is 10.2 Å². The van der Waals surface area contributed by atoms with Gasteiger partial charge in [-0.1, -0.05) is 36.4 Å². The van der Waals surface area contributed by atoms with E-state index >= 15 is 0 Å². The van der Waals surface area contributed by atoms with E-state index < -0.39 is 12.1 Å². The fourth-order valence-electron chi connectivity index (χ4n) is 5.04. The van der Waals surface area contributed by atoms with Gasteiger partial charge in [-0.15, -0.1) is 11.3 Å². The predicted octanol–water partition coefficient (Wildman–Crippen LogP) is 4.35. The zero-order valence-corrected chi connectivity index (χ0v) is 23.4. The van der Waals surface area contributed by atoms with Crippen molar-refractivity contribution in [1.29, 1.82) is 0 Å². The Morgan fingerprint density at radius 2 is 1.95 bits per heavy atom. The molecule has 1 aliphatic rings. The summed E-state index contributed by atoms with van der Waals surface area (Å²) in [6.45, 7) is 4.22. The molecule has 1 saturated heterocycles. The second-order valence-electron chi connectivity index (χ2n) is 10.1. The minimum absolute atomic E-state index is 0.0675. The number of amides is 2. The number of anilines is 2. The molecule has 0 radical (unpaired) electrons. The van der Waals surface area contributed by atoms with Crippen LogP contribution in [0, 0.1) is 0 Å². The number of thiazole rings is 1. The Morgan fingerprint density at radius 3 is 2.73 bits per heavy atom. The van der Waals surface area contributed by atoms with Gasteiger partial charge >= 0.3 is 0 Å². The molecule has 4 aromatic rings. The molecule has 1 fully saturated rings. The van der Waals surface area contributed by atoms with E-state index in [0.717, 1.165) is 33.5 Å². The van der Waals surface area contributed by atoms with E-state index in [1.54, 1.807) is 28.4 Å². The summed E-state index contributed by atoms with van der Waals surface area (Å²) in [4.78, 5) is 32.0. The minimum Gasteiger partial charge on any atom is -0.390 e. The molecule has 2 atom stereocenters. The first-order valence-corrected chi connectivity index (χ1v) is 14.6. The largest absolute Gasteiger partial charge is 0.390 e. The van der Waals surface area contributed by atoms with Crippen LogP contribution in [0.1, 0.15) is 41.3 Å². The molecule has 0 spiro atoms. The van der Waals surface area contributed by atoms with E-state index in [1.165, 1.54) is 0 Å². The van der Waals surface area contributed by atoms with Crippen molar-refractivity contribution in [2.75, 3.05) is 29.9 Å². The van der Waals surface area contributed by atoms with Crippen molar-refractivity contribution in [2.45, 2.75) is 44.9 Å². The third kappa shape index (κ3) is 6.85. The van der Waals surface area contributed by atoms with Crippen molar-refractivity contribution in [3.8, 4) is 0 Å². The molecule has 2 heterocycles. The van der Waals surface area contributed by atoms with Gasteiger partial charge in [-0.05, 0) is 61.2 Å². The highest BCUT2D eigenvalue weighted by Gasteiger charge is 2.25. The number of hydrogen-bond acceptors (Lipinski definition) is 7. The summed E-state index contributed by atoms with van der Waals surface area (Å²) in [5.74, 6) is -0.221. The van der Waals surface area contributed by atoms with E-state index in [0.29, 0.717) is 50.3 Å². The lowest BCUT2D eigenvalue weighted by Crippen LogP contribution is -2.48. The van der Waals surface area contributed by atoms with E-state index in [2.05, 4.69) is 27.0 Å². The lowest BCUT2D eigenvalue weighted by molar-refractivity contribution is -0.117. The van der Waals surface area contributed by atoms with Crippen LogP contribution in [0.5, 0.6) is 0 Å². The number of carbonyl (C=O) groups excluding carboxylic acids is 2. The molecule has 5 rings (SSSR count). The quantitative estimate of drug-likeness (QED) is 0.206. The van der Waals surface area contributed by atoms with Gasteiger partial charge in [0.05, 0.1) is 27.9 Å². The minimum atomic E-state index is -0.826. The summed E-state index contributed by atoms with van der Waals surface area (Å²) in [6.07, 6.45) is 0.978. The van der Waals surface area contributed by atoms with Crippen LogP contribution < -0.4 is 20.9 Å². The topological polar surface area (TPSA) is 107 Å². The maximum Gasteiger partial charge on any atom is 0.251 e. The van der Waals surface area contributed by atoms with Crippen LogP contribution in [-0.2, 0) is 17.8 Å². The average molecular weight is 558 g/mol. The van der Waals surface area contributed by atoms with Gasteiger partial charge in [-0.2, -0.15) is 0 Å². The summed E-state index contributed by atoms with van der Waals surface area (Å²) >= 11 is 1.60. The summed E-state index contributed by atoms with van der Waals surface area (Å²) in [5, 5.41) is 20.9. The third-order valence-electron chi connectivity index (χ3n) is 7.10. The first-order chi connectivity index (χ1) is 19.5. The number of nitrogens with one attached hydrogen (secondary N) is 3. The van der Waals surface area contributed by atoms with E-state index in [-0.39, 0.29) is 11.8 Å². The molecule has 8 nitrogen and oxygen atoms in total. The van der Waals surface area contributed by atoms with Crippen molar-refractivity contribution < 1.29 is 14.7 Å². The van der Waals surface area contributed by atoms with Gasteiger partial charge in [0.2, 0.25) is 5.91 Å². The standard InChI is InChI=1S/C31H35N5O3S/c1-2-33-24-15-23(16-25(17-24)36-12-6-9-30(36)38)31(39)35-27(13-21-7-4-3-5-8-21)28(37)19-32-18-22-10-11-26-29(14-22)40-20-34-26/h3-5,7-8,10-11,14-17,20,27-28,32-33,37H,2,6,9,12-13,18-19H2,1H3,(H,35,39)/t27-,28-/m0/s1. The molecular formula is C31H35N5O3S. The Kier molecular flexibility index (Phi) is 9.05. The second kappa shape index (κ2) is 13.0. The average Bonchev–Trinajstić information content (AvgIpc) is 3.61. The summed E-state index contributed by atoms with van der Waals surface area (Å²) in [5.41, 5.74) is 6.89.